The highest BCUT2D eigenvalue weighted by Crippen LogP contribution is 2.35. The van der Waals surface area contributed by atoms with Crippen LogP contribution in [0.3, 0.4) is 0 Å². The van der Waals surface area contributed by atoms with Gasteiger partial charge in [0, 0.05) is 4.47 Å². The summed E-state index contributed by atoms with van der Waals surface area (Å²) in [7, 11) is 0. The van der Waals surface area contributed by atoms with Crippen LogP contribution in [0, 0.1) is 13.8 Å². The highest BCUT2D eigenvalue weighted by molar-refractivity contribution is 9.11. The van der Waals surface area contributed by atoms with Crippen LogP contribution in [0.2, 0.25) is 0 Å². The first-order valence-electron chi connectivity index (χ1n) is 4.23. The molecule has 0 aliphatic carbocycles. The van der Waals surface area contributed by atoms with Gasteiger partial charge < -0.3 is 9.84 Å². The molecule has 0 aromatic heterocycles. The second kappa shape index (κ2) is 4.99. The van der Waals surface area contributed by atoms with Crippen LogP contribution < -0.4 is 4.74 Å². The van der Waals surface area contributed by atoms with Crippen molar-refractivity contribution in [2.24, 2.45) is 0 Å². The van der Waals surface area contributed by atoms with Gasteiger partial charge in [-0.2, -0.15) is 0 Å². The lowest BCUT2D eigenvalue weighted by atomic mass is 10.1. The second-order valence-corrected chi connectivity index (χ2v) is 4.81. The summed E-state index contributed by atoms with van der Waals surface area (Å²) in [6.45, 7) is 3.50. The molecule has 82 valence electrons. The maximum absolute atomic E-state index is 10.4. The maximum Gasteiger partial charge on any atom is 0.341 e. The zero-order valence-corrected chi connectivity index (χ0v) is 11.5. The SMILES string of the molecule is Cc1c(Br)cc(Br)c(OCC(=O)O)c1C. The van der Waals surface area contributed by atoms with Crippen molar-refractivity contribution in [2.45, 2.75) is 13.8 Å². The van der Waals surface area contributed by atoms with E-state index in [0.29, 0.717) is 5.75 Å². The predicted molar refractivity (Wildman–Crippen MR) is 64.4 cm³/mol. The lowest BCUT2D eigenvalue weighted by Gasteiger charge is -2.12. The molecule has 1 aromatic carbocycles. The molecule has 0 bridgehead atoms. The molecule has 1 rings (SSSR count). The zero-order chi connectivity index (χ0) is 11.6. The van der Waals surface area contributed by atoms with Gasteiger partial charge in [-0.05, 0) is 47.0 Å². The summed E-state index contributed by atoms with van der Waals surface area (Å²) in [6, 6.07) is 1.85. The lowest BCUT2D eigenvalue weighted by molar-refractivity contribution is -0.139. The molecule has 5 heteroatoms. The van der Waals surface area contributed by atoms with Gasteiger partial charge in [-0.3, -0.25) is 0 Å². The molecule has 0 heterocycles. The van der Waals surface area contributed by atoms with E-state index in [0.717, 1.165) is 20.1 Å². The van der Waals surface area contributed by atoms with Gasteiger partial charge in [0.15, 0.2) is 6.61 Å². The third-order valence-electron chi connectivity index (χ3n) is 2.07. The molecule has 0 unspecified atom stereocenters. The Morgan fingerprint density at radius 2 is 1.93 bits per heavy atom. The van der Waals surface area contributed by atoms with E-state index in [4.69, 9.17) is 9.84 Å². The summed E-state index contributed by atoms with van der Waals surface area (Å²) >= 11 is 6.74. The number of rotatable bonds is 3. The van der Waals surface area contributed by atoms with Gasteiger partial charge >= 0.3 is 5.97 Å². The van der Waals surface area contributed by atoms with Gasteiger partial charge in [-0.15, -0.1) is 0 Å². The molecular formula is C10H10Br2O3. The van der Waals surface area contributed by atoms with E-state index in [9.17, 15) is 4.79 Å². The van der Waals surface area contributed by atoms with Gasteiger partial charge in [-0.1, -0.05) is 15.9 Å². The van der Waals surface area contributed by atoms with Crippen molar-refractivity contribution in [3.05, 3.63) is 26.1 Å². The van der Waals surface area contributed by atoms with Crippen LogP contribution in [0.15, 0.2) is 15.0 Å². The first kappa shape index (κ1) is 12.5. The van der Waals surface area contributed by atoms with E-state index in [-0.39, 0.29) is 6.61 Å². The van der Waals surface area contributed by atoms with Crippen molar-refractivity contribution >= 4 is 37.8 Å². The maximum atomic E-state index is 10.4. The molecule has 0 atom stereocenters. The summed E-state index contributed by atoms with van der Waals surface area (Å²) in [4.78, 5) is 10.4. The molecule has 1 N–H and O–H groups in total. The number of carboxylic acid groups (broad SMARTS) is 1. The molecular weight excluding hydrogens is 328 g/mol. The molecule has 15 heavy (non-hydrogen) atoms. The first-order valence-corrected chi connectivity index (χ1v) is 5.82. The normalized spacial score (nSPS) is 10.1. The number of aliphatic carboxylic acids is 1. The summed E-state index contributed by atoms with van der Waals surface area (Å²) in [5, 5.41) is 8.53. The Morgan fingerprint density at radius 3 is 2.47 bits per heavy atom. The summed E-state index contributed by atoms with van der Waals surface area (Å²) in [5.74, 6) is -0.403. The minimum atomic E-state index is -0.984. The van der Waals surface area contributed by atoms with Gasteiger partial charge in [0.1, 0.15) is 5.75 Å². The molecule has 0 saturated carbocycles. The molecule has 0 aliphatic rings. The van der Waals surface area contributed by atoms with Crippen molar-refractivity contribution in [3.8, 4) is 5.75 Å². The summed E-state index contributed by atoms with van der Waals surface area (Å²) in [6.07, 6.45) is 0. The Bertz CT molecular complexity index is 402. The highest BCUT2D eigenvalue weighted by atomic mass is 79.9. The molecule has 1 aromatic rings. The van der Waals surface area contributed by atoms with Gasteiger partial charge in [0.05, 0.1) is 4.47 Å². The van der Waals surface area contributed by atoms with E-state index < -0.39 is 5.97 Å². The lowest BCUT2D eigenvalue weighted by Crippen LogP contribution is -2.10. The minimum Gasteiger partial charge on any atom is -0.480 e. The number of carboxylic acids is 1. The number of carbonyl (C=O) groups is 1. The average molecular weight is 338 g/mol. The number of halogens is 2. The van der Waals surface area contributed by atoms with Crippen LogP contribution >= 0.6 is 31.9 Å². The van der Waals surface area contributed by atoms with Crippen LogP contribution in [0.5, 0.6) is 5.75 Å². The zero-order valence-electron chi connectivity index (χ0n) is 8.30. The fraction of sp³-hybridized carbons (Fsp3) is 0.300. The van der Waals surface area contributed by atoms with Gasteiger partial charge in [0.2, 0.25) is 0 Å². The molecule has 0 saturated heterocycles. The smallest absolute Gasteiger partial charge is 0.341 e. The first-order chi connectivity index (χ1) is 6.93. The van der Waals surface area contributed by atoms with E-state index in [1.165, 1.54) is 0 Å². The van der Waals surface area contributed by atoms with Crippen LogP contribution in [-0.2, 0) is 4.79 Å². The van der Waals surface area contributed by atoms with Gasteiger partial charge in [0.25, 0.3) is 0 Å². The van der Waals surface area contributed by atoms with E-state index in [1.807, 2.05) is 19.9 Å². The van der Waals surface area contributed by atoms with Crippen molar-refractivity contribution in [1.82, 2.24) is 0 Å². The third kappa shape index (κ3) is 2.95. The van der Waals surface area contributed by atoms with Crippen molar-refractivity contribution in [1.29, 1.82) is 0 Å². The standard InChI is InChI=1S/C10H10Br2O3/c1-5-6(2)10(15-4-9(13)14)8(12)3-7(5)11/h3H,4H2,1-2H3,(H,13,14). The van der Waals surface area contributed by atoms with Crippen molar-refractivity contribution in [3.63, 3.8) is 0 Å². The molecule has 0 radical (unpaired) electrons. The van der Waals surface area contributed by atoms with E-state index >= 15 is 0 Å². The number of hydrogen-bond acceptors (Lipinski definition) is 2. The molecule has 3 nitrogen and oxygen atoms in total. The fourth-order valence-corrected chi connectivity index (χ4v) is 2.60. The Balaban J connectivity index is 3.07. The van der Waals surface area contributed by atoms with Gasteiger partial charge in [-0.25, -0.2) is 4.79 Å². The van der Waals surface area contributed by atoms with Crippen LogP contribution in [0.25, 0.3) is 0 Å². The Labute approximate surface area is 105 Å². The summed E-state index contributed by atoms with van der Waals surface area (Å²) < 4.78 is 6.91. The largest absolute Gasteiger partial charge is 0.480 e. The topological polar surface area (TPSA) is 46.5 Å². The fourth-order valence-electron chi connectivity index (χ4n) is 1.12. The average Bonchev–Trinajstić information content (AvgIpc) is 2.14. The molecule has 0 amide bonds. The Morgan fingerprint density at radius 1 is 1.33 bits per heavy atom. The van der Waals surface area contributed by atoms with Crippen LogP contribution in [0.1, 0.15) is 11.1 Å². The number of benzene rings is 1. The Hall–Kier alpha value is -0.550. The van der Waals surface area contributed by atoms with Crippen molar-refractivity contribution in [2.75, 3.05) is 6.61 Å². The second-order valence-electron chi connectivity index (χ2n) is 3.10. The van der Waals surface area contributed by atoms with Crippen molar-refractivity contribution < 1.29 is 14.6 Å². The number of ether oxygens (including phenoxy) is 1. The molecule has 0 fully saturated rings. The quantitative estimate of drug-likeness (QED) is 0.920. The third-order valence-corrected chi connectivity index (χ3v) is 3.48. The van der Waals surface area contributed by atoms with E-state index in [1.54, 1.807) is 0 Å². The predicted octanol–water partition coefficient (Wildman–Crippen LogP) is 3.29. The Kier molecular flexibility index (Phi) is 4.16. The molecule has 0 spiro atoms. The van der Waals surface area contributed by atoms with Crippen LogP contribution in [-0.4, -0.2) is 17.7 Å². The van der Waals surface area contributed by atoms with E-state index in [2.05, 4.69) is 31.9 Å². The summed E-state index contributed by atoms with van der Waals surface area (Å²) in [5.41, 5.74) is 1.97. The number of hydrogen-bond donors (Lipinski definition) is 1. The minimum absolute atomic E-state index is 0.333. The van der Waals surface area contributed by atoms with Crippen LogP contribution in [0.4, 0.5) is 0 Å². The monoisotopic (exact) mass is 336 g/mol. The molecule has 0 aliphatic heterocycles. The highest BCUT2D eigenvalue weighted by Gasteiger charge is 2.12.